The zero-order chi connectivity index (χ0) is 16.2. The predicted octanol–water partition coefficient (Wildman–Crippen LogP) is 4.58. The number of carbonyl (C=O) groups is 1. The predicted molar refractivity (Wildman–Crippen MR) is 94.3 cm³/mol. The summed E-state index contributed by atoms with van der Waals surface area (Å²) in [5.41, 5.74) is 3.65. The molecule has 120 valence electrons. The lowest BCUT2D eigenvalue weighted by Crippen LogP contribution is -2.41. The van der Waals surface area contributed by atoms with Gasteiger partial charge in [-0.05, 0) is 48.6 Å². The lowest BCUT2D eigenvalue weighted by Gasteiger charge is -2.26. The van der Waals surface area contributed by atoms with Crippen LogP contribution in [-0.2, 0) is 24.2 Å². The maximum absolute atomic E-state index is 12.4. The van der Waals surface area contributed by atoms with Gasteiger partial charge in [-0.15, -0.1) is 0 Å². The molecule has 0 bridgehead atoms. The van der Waals surface area contributed by atoms with Crippen LogP contribution >= 0.6 is 15.9 Å². The minimum atomic E-state index is -0.228. The van der Waals surface area contributed by atoms with Gasteiger partial charge in [0.2, 0.25) is 0 Å². The van der Waals surface area contributed by atoms with E-state index in [0.29, 0.717) is 13.2 Å². The van der Waals surface area contributed by atoms with Crippen molar-refractivity contribution in [1.29, 1.82) is 0 Å². The molecule has 3 nitrogen and oxygen atoms in total. The molecule has 0 heterocycles. The second-order valence-electron chi connectivity index (χ2n) is 5.80. The van der Waals surface area contributed by atoms with Gasteiger partial charge in [0.25, 0.3) is 0 Å². The zero-order valence-electron chi connectivity index (χ0n) is 13.2. The lowest BCUT2D eigenvalue weighted by atomic mass is 10.1. The normalized spacial score (nSPS) is 16.0. The molecule has 4 heteroatoms. The topological polar surface area (TPSA) is 29.5 Å². The number of amides is 1. The van der Waals surface area contributed by atoms with Gasteiger partial charge in [-0.25, -0.2) is 4.79 Å². The van der Waals surface area contributed by atoms with Gasteiger partial charge in [-0.3, -0.25) is 0 Å². The first-order valence-electron chi connectivity index (χ1n) is 7.92. The van der Waals surface area contributed by atoms with Gasteiger partial charge < -0.3 is 9.64 Å². The van der Waals surface area contributed by atoms with E-state index in [1.165, 1.54) is 11.1 Å². The summed E-state index contributed by atoms with van der Waals surface area (Å²) in [6, 6.07) is 16.3. The fraction of sp³-hybridized carbons (Fsp3) is 0.316. The van der Waals surface area contributed by atoms with Crippen molar-refractivity contribution < 1.29 is 9.53 Å². The molecule has 0 saturated heterocycles. The number of halogens is 1. The molecule has 0 fully saturated rings. The third kappa shape index (κ3) is 3.75. The Bertz CT molecular complexity index is 687. The van der Waals surface area contributed by atoms with Crippen LogP contribution in [0.2, 0.25) is 0 Å². The van der Waals surface area contributed by atoms with Crippen molar-refractivity contribution in [2.24, 2.45) is 0 Å². The first-order chi connectivity index (χ1) is 11.2. The average Bonchev–Trinajstić information content (AvgIpc) is 2.97. The van der Waals surface area contributed by atoms with Crippen molar-refractivity contribution in [3.63, 3.8) is 0 Å². The van der Waals surface area contributed by atoms with Gasteiger partial charge in [-0.2, -0.15) is 0 Å². The number of hydrogen-bond acceptors (Lipinski definition) is 2. The van der Waals surface area contributed by atoms with E-state index in [1.807, 2.05) is 42.2 Å². The van der Waals surface area contributed by atoms with Crippen molar-refractivity contribution in [3.05, 3.63) is 69.7 Å². The highest BCUT2D eigenvalue weighted by atomic mass is 79.9. The Morgan fingerprint density at radius 2 is 1.91 bits per heavy atom. The van der Waals surface area contributed by atoms with E-state index in [2.05, 4.69) is 34.1 Å². The van der Waals surface area contributed by atoms with E-state index >= 15 is 0 Å². The highest BCUT2D eigenvalue weighted by Crippen LogP contribution is 2.28. The molecular formula is C19H20BrNO2. The molecule has 1 atom stereocenters. The molecule has 1 aliphatic rings. The lowest BCUT2D eigenvalue weighted by molar-refractivity contribution is 0.0840. The summed E-state index contributed by atoms with van der Waals surface area (Å²) in [5.74, 6) is 0. The number of fused-ring (bicyclic) bond motifs is 1. The number of nitrogens with zero attached hydrogens (tertiary/aromatic N) is 1. The molecule has 0 radical (unpaired) electrons. The van der Waals surface area contributed by atoms with E-state index in [0.717, 1.165) is 22.9 Å². The smallest absolute Gasteiger partial charge is 0.410 e. The van der Waals surface area contributed by atoms with Gasteiger partial charge in [0.1, 0.15) is 6.61 Å². The molecule has 1 amide bonds. The van der Waals surface area contributed by atoms with E-state index < -0.39 is 0 Å². The largest absolute Gasteiger partial charge is 0.445 e. The van der Waals surface area contributed by atoms with Crippen LogP contribution < -0.4 is 0 Å². The molecule has 0 aromatic heterocycles. The van der Waals surface area contributed by atoms with Crippen molar-refractivity contribution in [3.8, 4) is 0 Å². The maximum Gasteiger partial charge on any atom is 0.410 e. The van der Waals surface area contributed by atoms with Crippen LogP contribution in [0.25, 0.3) is 0 Å². The molecule has 3 rings (SSSR count). The van der Waals surface area contributed by atoms with Crippen molar-refractivity contribution in [2.45, 2.75) is 32.4 Å². The molecule has 2 aromatic rings. The molecule has 1 unspecified atom stereocenters. The molecule has 0 saturated carbocycles. The first kappa shape index (κ1) is 16.1. The number of hydrogen-bond donors (Lipinski definition) is 0. The summed E-state index contributed by atoms with van der Waals surface area (Å²) >= 11 is 3.51. The van der Waals surface area contributed by atoms with Gasteiger partial charge in [0, 0.05) is 17.1 Å². The average molecular weight is 374 g/mol. The summed E-state index contributed by atoms with van der Waals surface area (Å²) < 4.78 is 6.58. The first-order valence-corrected chi connectivity index (χ1v) is 8.71. The number of ether oxygens (including phenoxy) is 1. The standard InChI is InChI=1S/C19H20BrNO2/c1-2-21(19(22)23-13-14-6-4-3-5-7-14)18-11-15-8-9-17(20)10-16(15)12-18/h3-10,18H,2,11-13H2,1H3. The van der Waals surface area contributed by atoms with Crippen LogP contribution in [0.5, 0.6) is 0 Å². The quantitative estimate of drug-likeness (QED) is 0.784. The van der Waals surface area contributed by atoms with Crippen LogP contribution in [0.3, 0.4) is 0 Å². The molecule has 0 spiro atoms. The second-order valence-corrected chi connectivity index (χ2v) is 6.72. The third-order valence-corrected chi connectivity index (χ3v) is 4.79. The van der Waals surface area contributed by atoms with Crippen LogP contribution in [0, 0.1) is 0 Å². The minimum Gasteiger partial charge on any atom is -0.445 e. The summed E-state index contributed by atoms with van der Waals surface area (Å²) in [4.78, 5) is 14.3. The monoisotopic (exact) mass is 373 g/mol. The second kappa shape index (κ2) is 7.18. The van der Waals surface area contributed by atoms with Crippen molar-refractivity contribution >= 4 is 22.0 Å². The molecule has 2 aromatic carbocycles. The Balaban J connectivity index is 1.63. The maximum atomic E-state index is 12.4. The molecule has 0 N–H and O–H groups in total. The molecular weight excluding hydrogens is 354 g/mol. The fourth-order valence-corrected chi connectivity index (χ4v) is 3.53. The Morgan fingerprint density at radius 1 is 1.17 bits per heavy atom. The number of likely N-dealkylation sites (N-methyl/N-ethyl adjacent to an activating group) is 1. The van der Waals surface area contributed by atoms with Crippen molar-refractivity contribution in [2.75, 3.05) is 6.54 Å². The summed E-state index contributed by atoms with van der Waals surface area (Å²) in [5, 5.41) is 0. The SMILES string of the molecule is CCN(C(=O)OCc1ccccc1)C1Cc2ccc(Br)cc2C1. The molecule has 23 heavy (non-hydrogen) atoms. The van der Waals surface area contributed by atoms with Gasteiger partial charge in [-0.1, -0.05) is 52.3 Å². The molecule has 1 aliphatic carbocycles. The van der Waals surface area contributed by atoms with Crippen LogP contribution in [0.4, 0.5) is 4.79 Å². The number of benzene rings is 2. The van der Waals surface area contributed by atoms with Gasteiger partial charge in [0.15, 0.2) is 0 Å². The molecule has 0 aliphatic heterocycles. The van der Waals surface area contributed by atoms with E-state index in [-0.39, 0.29) is 12.1 Å². The van der Waals surface area contributed by atoms with E-state index in [9.17, 15) is 4.79 Å². The highest BCUT2D eigenvalue weighted by Gasteiger charge is 2.30. The zero-order valence-corrected chi connectivity index (χ0v) is 14.8. The Kier molecular flexibility index (Phi) is 5.01. The van der Waals surface area contributed by atoms with Crippen LogP contribution in [-0.4, -0.2) is 23.6 Å². The highest BCUT2D eigenvalue weighted by molar-refractivity contribution is 9.10. The Morgan fingerprint density at radius 3 is 2.65 bits per heavy atom. The fourth-order valence-electron chi connectivity index (χ4n) is 3.12. The Hall–Kier alpha value is -1.81. The number of rotatable bonds is 4. The summed E-state index contributed by atoms with van der Waals surface area (Å²) in [6.45, 7) is 2.98. The number of carbonyl (C=O) groups excluding carboxylic acids is 1. The van der Waals surface area contributed by atoms with Gasteiger partial charge in [0.05, 0.1) is 0 Å². The van der Waals surface area contributed by atoms with Crippen LogP contribution in [0.1, 0.15) is 23.6 Å². The third-order valence-electron chi connectivity index (χ3n) is 4.30. The van der Waals surface area contributed by atoms with E-state index in [4.69, 9.17) is 4.74 Å². The van der Waals surface area contributed by atoms with Crippen molar-refractivity contribution in [1.82, 2.24) is 4.90 Å². The summed E-state index contributed by atoms with van der Waals surface area (Å²) in [6.07, 6.45) is 1.56. The summed E-state index contributed by atoms with van der Waals surface area (Å²) in [7, 11) is 0. The van der Waals surface area contributed by atoms with Crippen LogP contribution in [0.15, 0.2) is 53.0 Å². The van der Waals surface area contributed by atoms with Gasteiger partial charge >= 0.3 is 6.09 Å². The van der Waals surface area contributed by atoms with E-state index in [1.54, 1.807) is 0 Å². The minimum absolute atomic E-state index is 0.188. The Labute approximate surface area is 145 Å².